The van der Waals surface area contributed by atoms with Gasteiger partial charge in [-0.15, -0.1) is 0 Å². The van der Waals surface area contributed by atoms with Crippen molar-refractivity contribution in [2.45, 2.75) is 6.92 Å². The Morgan fingerprint density at radius 2 is 2.24 bits per heavy atom. The topological polar surface area (TPSA) is 77.2 Å². The summed E-state index contributed by atoms with van der Waals surface area (Å²) in [5.74, 6) is -0.123. The third-order valence-corrected chi connectivity index (χ3v) is 2.13. The zero-order chi connectivity index (χ0) is 12.4. The van der Waals surface area contributed by atoms with Crippen molar-refractivity contribution in [1.29, 1.82) is 0 Å². The van der Waals surface area contributed by atoms with E-state index in [0.29, 0.717) is 11.6 Å². The fourth-order valence-electron chi connectivity index (χ4n) is 1.39. The summed E-state index contributed by atoms with van der Waals surface area (Å²) in [5.41, 5.74) is 0.774. The molecule has 88 valence electrons. The molecule has 6 heteroatoms. The maximum Gasteiger partial charge on any atom is 0.354 e. The van der Waals surface area contributed by atoms with Crippen molar-refractivity contribution >= 4 is 5.97 Å². The fraction of sp³-hybridized carbons (Fsp3) is 0.182. The van der Waals surface area contributed by atoms with Crippen LogP contribution in [0.3, 0.4) is 0 Å². The average molecular weight is 233 g/mol. The summed E-state index contributed by atoms with van der Waals surface area (Å²) >= 11 is 0. The molecule has 0 aliphatic carbocycles. The molecule has 2 heterocycles. The minimum absolute atomic E-state index is 0.0543. The quantitative estimate of drug-likeness (QED) is 0.871. The molecule has 2 rings (SSSR count). The lowest BCUT2D eigenvalue weighted by molar-refractivity contribution is 0.0690. The van der Waals surface area contributed by atoms with Gasteiger partial charge in [-0.2, -0.15) is 5.10 Å². The van der Waals surface area contributed by atoms with Crippen LogP contribution in [0.4, 0.5) is 0 Å². The fourth-order valence-corrected chi connectivity index (χ4v) is 1.39. The predicted octanol–water partition coefficient (Wildman–Crippen LogP) is 1.61. The second-order valence-electron chi connectivity index (χ2n) is 3.53. The van der Waals surface area contributed by atoms with Crippen LogP contribution in [0, 0.1) is 6.92 Å². The Kier molecular flexibility index (Phi) is 2.78. The Labute approximate surface area is 97.5 Å². The summed E-state index contributed by atoms with van der Waals surface area (Å²) in [5, 5.41) is 12.9. The van der Waals surface area contributed by atoms with Crippen molar-refractivity contribution < 1.29 is 14.6 Å². The number of pyridine rings is 1. The molecule has 0 aromatic carbocycles. The Hall–Kier alpha value is -2.37. The molecule has 0 aliphatic rings. The number of carbonyl (C=O) groups is 1. The minimum atomic E-state index is -1.09. The molecule has 2 aromatic heterocycles. The third-order valence-electron chi connectivity index (χ3n) is 2.13. The molecule has 17 heavy (non-hydrogen) atoms. The molecule has 0 spiro atoms. The van der Waals surface area contributed by atoms with Crippen molar-refractivity contribution in [3.8, 4) is 11.6 Å². The second-order valence-corrected chi connectivity index (χ2v) is 3.53. The molecule has 0 fully saturated rings. The van der Waals surface area contributed by atoms with E-state index in [9.17, 15) is 4.79 Å². The first-order valence-corrected chi connectivity index (χ1v) is 4.94. The summed E-state index contributed by atoms with van der Waals surface area (Å²) in [6.45, 7) is 1.85. The van der Waals surface area contributed by atoms with Crippen LogP contribution in [-0.2, 0) is 7.05 Å². The molecule has 0 amide bonds. The molecule has 0 saturated carbocycles. The molecule has 0 radical (unpaired) electrons. The number of carboxylic acid groups (broad SMARTS) is 1. The van der Waals surface area contributed by atoms with Gasteiger partial charge in [-0.25, -0.2) is 14.5 Å². The molecule has 0 bridgehead atoms. The van der Waals surface area contributed by atoms with E-state index in [-0.39, 0.29) is 5.69 Å². The van der Waals surface area contributed by atoms with Crippen molar-refractivity contribution in [3.63, 3.8) is 0 Å². The van der Waals surface area contributed by atoms with Gasteiger partial charge in [-0.1, -0.05) is 0 Å². The van der Waals surface area contributed by atoms with Gasteiger partial charge in [0.15, 0.2) is 5.69 Å². The Balaban J connectivity index is 2.27. The van der Waals surface area contributed by atoms with E-state index in [1.807, 2.05) is 6.92 Å². The molecule has 0 unspecified atom stereocenters. The molecular formula is C11H11N3O3. The predicted molar refractivity (Wildman–Crippen MR) is 59.2 cm³/mol. The molecular weight excluding hydrogens is 222 g/mol. The maximum atomic E-state index is 10.7. The van der Waals surface area contributed by atoms with Gasteiger partial charge in [0.05, 0.1) is 5.69 Å². The number of aromatic nitrogens is 3. The van der Waals surface area contributed by atoms with Crippen LogP contribution >= 0.6 is 0 Å². The van der Waals surface area contributed by atoms with Gasteiger partial charge < -0.3 is 9.84 Å². The largest absolute Gasteiger partial charge is 0.477 e. The van der Waals surface area contributed by atoms with E-state index in [2.05, 4.69) is 10.1 Å². The average Bonchev–Trinajstić information content (AvgIpc) is 2.58. The number of ether oxygens (including phenoxy) is 1. The van der Waals surface area contributed by atoms with E-state index in [4.69, 9.17) is 9.84 Å². The Morgan fingerprint density at radius 1 is 1.47 bits per heavy atom. The molecule has 2 aromatic rings. The van der Waals surface area contributed by atoms with Crippen LogP contribution < -0.4 is 4.74 Å². The minimum Gasteiger partial charge on any atom is -0.477 e. The van der Waals surface area contributed by atoms with Crippen LogP contribution in [0.2, 0.25) is 0 Å². The lowest BCUT2D eigenvalue weighted by Crippen LogP contribution is -2.00. The number of aromatic carboxylic acids is 1. The van der Waals surface area contributed by atoms with Crippen molar-refractivity contribution in [3.05, 3.63) is 35.8 Å². The second kappa shape index (κ2) is 4.25. The van der Waals surface area contributed by atoms with Crippen LogP contribution in [-0.4, -0.2) is 25.8 Å². The lowest BCUT2D eigenvalue weighted by atomic mass is 10.3. The van der Waals surface area contributed by atoms with Gasteiger partial charge >= 0.3 is 5.97 Å². The third kappa shape index (κ3) is 2.41. The summed E-state index contributed by atoms with van der Waals surface area (Å²) in [7, 11) is 1.75. The summed E-state index contributed by atoms with van der Waals surface area (Å²) < 4.78 is 7.10. The first-order valence-electron chi connectivity index (χ1n) is 4.94. The van der Waals surface area contributed by atoms with Crippen LogP contribution in [0.15, 0.2) is 24.4 Å². The summed E-state index contributed by atoms with van der Waals surface area (Å²) in [6, 6.07) is 4.72. The SMILES string of the molecule is Cc1cc(Oc2ccnc(C(=O)O)c2)n(C)n1. The van der Waals surface area contributed by atoms with E-state index in [1.54, 1.807) is 23.9 Å². The highest BCUT2D eigenvalue weighted by Crippen LogP contribution is 2.21. The Morgan fingerprint density at radius 3 is 2.82 bits per heavy atom. The maximum absolute atomic E-state index is 10.7. The first-order chi connectivity index (χ1) is 8.06. The summed E-state index contributed by atoms with van der Waals surface area (Å²) in [4.78, 5) is 14.4. The van der Waals surface area contributed by atoms with Crippen LogP contribution in [0.5, 0.6) is 11.6 Å². The van der Waals surface area contributed by atoms with Crippen molar-refractivity contribution in [2.75, 3.05) is 0 Å². The molecule has 6 nitrogen and oxygen atoms in total. The first kappa shape index (κ1) is 11.1. The standard InChI is InChI=1S/C11H11N3O3/c1-7-5-10(14(2)13-7)17-8-3-4-12-9(6-8)11(15)16/h3-6H,1-2H3,(H,15,16). The highest BCUT2D eigenvalue weighted by molar-refractivity contribution is 5.85. The van der Waals surface area contributed by atoms with Gasteiger partial charge in [0, 0.05) is 25.4 Å². The molecule has 0 saturated heterocycles. The van der Waals surface area contributed by atoms with Gasteiger partial charge in [-0.05, 0) is 13.0 Å². The molecule has 0 atom stereocenters. The highest BCUT2D eigenvalue weighted by atomic mass is 16.5. The number of nitrogens with zero attached hydrogens (tertiary/aromatic N) is 3. The van der Waals surface area contributed by atoms with E-state index in [0.717, 1.165) is 5.69 Å². The number of carboxylic acids is 1. The number of rotatable bonds is 3. The lowest BCUT2D eigenvalue weighted by Gasteiger charge is -2.05. The number of hydrogen-bond acceptors (Lipinski definition) is 4. The zero-order valence-electron chi connectivity index (χ0n) is 9.41. The van der Waals surface area contributed by atoms with Crippen LogP contribution in [0.1, 0.15) is 16.2 Å². The zero-order valence-corrected chi connectivity index (χ0v) is 9.41. The molecule has 0 aliphatic heterocycles. The summed E-state index contributed by atoms with van der Waals surface area (Å²) in [6.07, 6.45) is 1.39. The monoisotopic (exact) mass is 233 g/mol. The van der Waals surface area contributed by atoms with E-state index >= 15 is 0 Å². The number of hydrogen-bond donors (Lipinski definition) is 1. The van der Waals surface area contributed by atoms with E-state index < -0.39 is 5.97 Å². The van der Waals surface area contributed by atoms with Crippen molar-refractivity contribution in [1.82, 2.24) is 14.8 Å². The van der Waals surface area contributed by atoms with Gasteiger partial charge in [0.25, 0.3) is 0 Å². The van der Waals surface area contributed by atoms with Gasteiger partial charge in [-0.3, -0.25) is 0 Å². The van der Waals surface area contributed by atoms with Crippen LogP contribution in [0.25, 0.3) is 0 Å². The van der Waals surface area contributed by atoms with E-state index in [1.165, 1.54) is 12.3 Å². The highest BCUT2D eigenvalue weighted by Gasteiger charge is 2.08. The normalized spacial score (nSPS) is 10.2. The molecule has 1 N–H and O–H groups in total. The van der Waals surface area contributed by atoms with Gasteiger partial charge in [0.1, 0.15) is 5.75 Å². The smallest absolute Gasteiger partial charge is 0.354 e. The van der Waals surface area contributed by atoms with Crippen molar-refractivity contribution in [2.24, 2.45) is 7.05 Å². The number of aryl methyl sites for hydroxylation is 2. The Bertz CT molecular complexity index is 563. The van der Waals surface area contributed by atoms with Gasteiger partial charge in [0.2, 0.25) is 5.88 Å².